The molecule has 3 heteroatoms. The lowest BCUT2D eigenvalue weighted by molar-refractivity contribution is 1.18. The number of para-hydroxylation sites is 4. The van der Waals surface area contributed by atoms with Crippen LogP contribution in [0.5, 0.6) is 0 Å². The van der Waals surface area contributed by atoms with Crippen molar-refractivity contribution in [1.29, 1.82) is 5.26 Å². The Bertz CT molecular complexity index is 2560. The minimum absolute atomic E-state index is 0.637. The first-order valence-corrected chi connectivity index (χ1v) is 15.5. The Balaban J connectivity index is 1.22. The van der Waals surface area contributed by atoms with Crippen molar-refractivity contribution in [3.63, 3.8) is 0 Å². The average molecular weight is 586 g/mol. The van der Waals surface area contributed by atoms with Crippen molar-refractivity contribution in [2.75, 3.05) is 0 Å². The van der Waals surface area contributed by atoms with Crippen LogP contribution in [0.1, 0.15) is 5.56 Å². The number of benzene rings is 7. The van der Waals surface area contributed by atoms with Crippen molar-refractivity contribution in [2.24, 2.45) is 0 Å². The molecule has 3 nitrogen and oxygen atoms in total. The largest absolute Gasteiger partial charge is 0.309 e. The summed E-state index contributed by atoms with van der Waals surface area (Å²) in [5.41, 5.74) is 11.8. The molecular weight excluding hydrogens is 558 g/mol. The van der Waals surface area contributed by atoms with Gasteiger partial charge in [0.25, 0.3) is 0 Å². The molecule has 0 aliphatic carbocycles. The molecule has 0 atom stereocenters. The van der Waals surface area contributed by atoms with Crippen LogP contribution in [-0.4, -0.2) is 9.13 Å². The Morgan fingerprint density at radius 3 is 1.43 bits per heavy atom. The van der Waals surface area contributed by atoms with Gasteiger partial charge in [-0.25, -0.2) is 0 Å². The molecule has 0 saturated heterocycles. The minimum atomic E-state index is 0.637. The normalized spacial score (nSPS) is 11.5. The third-order valence-electron chi connectivity index (χ3n) is 9.14. The summed E-state index contributed by atoms with van der Waals surface area (Å²) in [7, 11) is 0. The van der Waals surface area contributed by atoms with Gasteiger partial charge in [-0.2, -0.15) is 5.26 Å². The van der Waals surface area contributed by atoms with Crippen molar-refractivity contribution in [2.45, 2.75) is 0 Å². The summed E-state index contributed by atoms with van der Waals surface area (Å²) in [6, 6.07) is 60.1. The van der Waals surface area contributed by atoms with Gasteiger partial charge in [0.1, 0.15) is 0 Å². The standard InChI is InChI=1S/C43H27N3/c44-28-29-23-24-43(46-41-21-7-3-17-36(41)37-18-4-8-22-42(37)46)38(25-29)32-13-9-11-30(26-32)31-12-10-14-33(27-31)45-39-19-5-1-15-34(39)35-16-2-6-20-40(35)45/h1-27H. The van der Waals surface area contributed by atoms with E-state index in [1.165, 1.54) is 32.6 Å². The summed E-state index contributed by atoms with van der Waals surface area (Å²) in [5, 5.41) is 14.8. The minimum Gasteiger partial charge on any atom is -0.309 e. The number of nitriles is 1. The number of aromatic nitrogens is 2. The van der Waals surface area contributed by atoms with Crippen molar-refractivity contribution in [1.82, 2.24) is 9.13 Å². The maximum atomic E-state index is 9.92. The van der Waals surface area contributed by atoms with E-state index < -0.39 is 0 Å². The van der Waals surface area contributed by atoms with E-state index in [1.54, 1.807) is 0 Å². The summed E-state index contributed by atoms with van der Waals surface area (Å²) in [6.07, 6.45) is 0. The molecule has 0 N–H and O–H groups in total. The van der Waals surface area contributed by atoms with Crippen LogP contribution in [0.2, 0.25) is 0 Å². The Morgan fingerprint density at radius 1 is 0.391 bits per heavy atom. The van der Waals surface area contributed by atoms with Crippen LogP contribution < -0.4 is 0 Å². The fraction of sp³-hybridized carbons (Fsp3) is 0. The molecule has 0 aliphatic rings. The molecule has 0 unspecified atom stereocenters. The molecule has 2 aromatic heterocycles. The van der Waals surface area contributed by atoms with Gasteiger partial charge < -0.3 is 9.13 Å². The second-order valence-corrected chi connectivity index (χ2v) is 11.7. The van der Waals surface area contributed by atoms with Crippen LogP contribution in [0.3, 0.4) is 0 Å². The van der Waals surface area contributed by atoms with Gasteiger partial charge in [-0.15, -0.1) is 0 Å². The van der Waals surface area contributed by atoms with Crippen LogP contribution in [0.4, 0.5) is 0 Å². The van der Waals surface area contributed by atoms with Gasteiger partial charge in [-0.1, -0.05) is 103 Å². The topological polar surface area (TPSA) is 33.6 Å². The van der Waals surface area contributed by atoms with Gasteiger partial charge in [0.05, 0.1) is 39.4 Å². The van der Waals surface area contributed by atoms with E-state index in [2.05, 4.69) is 167 Å². The highest BCUT2D eigenvalue weighted by Gasteiger charge is 2.17. The highest BCUT2D eigenvalue weighted by molar-refractivity contribution is 6.10. The maximum Gasteiger partial charge on any atom is 0.0991 e. The van der Waals surface area contributed by atoms with Gasteiger partial charge >= 0.3 is 0 Å². The van der Waals surface area contributed by atoms with Gasteiger partial charge in [0.2, 0.25) is 0 Å². The van der Waals surface area contributed by atoms with Crippen molar-refractivity contribution in [3.05, 3.63) is 169 Å². The molecule has 0 spiro atoms. The Hall–Kier alpha value is -6.37. The second kappa shape index (κ2) is 10.4. The summed E-state index contributed by atoms with van der Waals surface area (Å²) in [5.74, 6) is 0. The summed E-state index contributed by atoms with van der Waals surface area (Å²) >= 11 is 0. The van der Waals surface area contributed by atoms with Crippen molar-refractivity contribution >= 4 is 43.6 Å². The highest BCUT2D eigenvalue weighted by Crippen LogP contribution is 2.38. The number of nitrogens with zero attached hydrogens (tertiary/aromatic N) is 3. The van der Waals surface area contributed by atoms with E-state index in [-0.39, 0.29) is 0 Å². The lowest BCUT2D eigenvalue weighted by Gasteiger charge is -2.16. The van der Waals surface area contributed by atoms with E-state index in [9.17, 15) is 5.26 Å². The molecule has 7 aromatic carbocycles. The molecular formula is C43H27N3. The molecule has 0 aliphatic heterocycles. The van der Waals surface area contributed by atoms with Gasteiger partial charge in [0.15, 0.2) is 0 Å². The van der Waals surface area contributed by atoms with Crippen LogP contribution >= 0.6 is 0 Å². The van der Waals surface area contributed by atoms with Crippen molar-refractivity contribution in [3.8, 4) is 39.7 Å². The molecule has 0 bridgehead atoms. The smallest absolute Gasteiger partial charge is 0.0991 e. The molecule has 2 heterocycles. The summed E-state index contributed by atoms with van der Waals surface area (Å²) in [4.78, 5) is 0. The molecule has 9 rings (SSSR count). The average Bonchev–Trinajstić information content (AvgIpc) is 3.65. The molecule has 0 radical (unpaired) electrons. The molecule has 214 valence electrons. The zero-order chi connectivity index (χ0) is 30.6. The third kappa shape index (κ3) is 3.98. The van der Waals surface area contributed by atoms with Gasteiger partial charge in [-0.05, 0) is 77.4 Å². The van der Waals surface area contributed by atoms with E-state index in [0.29, 0.717) is 5.56 Å². The molecule has 9 aromatic rings. The lowest BCUT2D eigenvalue weighted by atomic mass is 9.96. The van der Waals surface area contributed by atoms with E-state index in [4.69, 9.17) is 0 Å². The van der Waals surface area contributed by atoms with E-state index in [0.717, 1.165) is 44.7 Å². The van der Waals surface area contributed by atoms with Crippen LogP contribution in [0.15, 0.2) is 164 Å². The summed E-state index contributed by atoms with van der Waals surface area (Å²) < 4.78 is 4.69. The van der Waals surface area contributed by atoms with E-state index in [1.807, 2.05) is 12.1 Å². The molecule has 0 amide bonds. The third-order valence-corrected chi connectivity index (χ3v) is 9.14. The van der Waals surface area contributed by atoms with Gasteiger partial charge in [-0.3, -0.25) is 0 Å². The summed E-state index contributed by atoms with van der Waals surface area (Å²) in [6.45, 7) is 0. The van der Waals surface area contributed by atoms with Crippen molar-refractivity contribution < 1.29 is 0 Å². The zero-order valence-electron chi connectivity index (χ0n) is 24.9. The SMILES string of the molecule is N#Cc1ccc(-n2c3ccccc3c3ccccc32)c(-c2cccc(-c3cccc(-n4c5ccccc5c5ccccc54)c3)c2)c1. The van der Waals surface area contributed by atoms with E-state index >= 15 is 0 Å². The number of hydrogen-bond donors (Lipinski definition) is 0. The molecule has 46 heavy (non-hydrogen) atoms. The molecule has 0 saturated carbocycles. The second-order valence-electron chi connectivity index (χ2n) is 11.7. The predicted octanol–water partition coefficient (Wildman–Crippen LogP) is 11.1. The Labute approximate surface area is 266 Å². The highest BCUT2D eigenvalue weighted by atomic mass is 15.0. The predicted molar refractivity (Wildman–Crippen MR) is 191 cm³/mol. The monoisotopic (exact) mass is 585 g/mol. The lowest BCUT2D eigenvalue weighted by Crippen LogP contribution is -1.98. The fourth-order valence-electron chi connectivity index (χ4n) is 7.11. The van der Waals surface area contributed by atoms with Crippen LogP contribution in [0.25, 0.3) is 77.2 Å². The number of rotatable bonds is 4. The number of fused-ring (bicyclic) bond motifs is 6. The van der Waals surface area contributed by atoms with Crippen LogP contribution in [-0.2, 0) is 0 Å². The Kier molecular flexibility index (Phi) is 5.88. The zero-order valence-corrected chi connectivity index (χ0v) is 24.9. The number of hydrogen-bond acceptors (Lipinski definition) is 1. The first kappa shape index (κ1) is 26.1. The fourth-order valence-corrected chi connectivity index (χ4v) is 7.11. The maximum absolute atomic E-state index is 9.92. The Morgan fingerprint density at radius 2 is 0.870 bits per heavy atom. The van der Waals surface area contributed by atoms with Gasteiger partial charge in [0, 0.05) is 32.8 Å². The first-order valence-electron chi connectivity index (χ1n) is 15.5. The molecule has 0 fully saturated rings. The van der Waals surface area contributed by atoms with Crippen LogP contribution in [0, 0.1) is 11.3 Å². The first-order chi connectivity index (χ1) is 22.8. The quantitative estimate of drug-likeness (QED) is 0.202.